The number of hydrogen-bond donors (Lipinski definition) is 3. The van der Waals surface area contributed by atoms with Crippen LogP contribution in [0.1, 0.15) is 99.4 Å². The molecule has 4 unspecified atom stereocenters. The maximum Gasteiger partial charge on any atom is 0.408 e. The Morgan fingerprint density at radius 1 is 1.02 bits per heavy atom. The van der Waals surface area contributed by atoms with E-state index in [2.05, 4.69) is 22.6 Å². The fraction of sp³-hybridized carbons (Fsp3) is 0.564. The van der Waals surface area contributed by atoms with Gasteiger partial charge in [0.05, 0.1) is 23.0 Å². The molecule has 1 aromatic heterocycles. The zero-order valence-electron chi connectivity index (χ0n) is 32.8. The lowest BCUT2D eigenvalue weighted by Crippen LogP contribution is -2.60. The van der Waals surface area contributed by atoms with Crippen LogP contribution in [0.2, 0.25) is 0 Å². The number of carbonyl (C=O) groups is 4. The normalized spacial score (nSPS) is 17.4. The van der Waals surface area contributed by atoms with Crippen molar-refractivity contribution >= 4 is 75.7 Å². The molecule has 54 heavy (non-hydrogen) atoms. The van der Waals surface area contributed by atoms with Gasteiger partial charge in [-0.05, 0) is 79.0 Å². The third-order valence-corrected chi connectivity index (χ3v) is 8.78. The van der Waals surface area contributed by atoms with Gasteiger partial charge >= 0.3 is 12.1 Å². The predicted octanol–water partition coefficient (Wildman–Crippen LogP) is 7.72. The molecule has 1 saturated heterocycles. The highest BCUT2D eigenvalue weighted by Crippen LogP contribution is 2.34. The topological polar surface area (TPSA) is 148 Å². The molecule has 1 fully saturated rings. The molecule has 0 radical (unpaired) electrons. The summed E-state index contributed by atoms with van der Waals surface area (Å²) in [5.41, 5.74) is 3.19. The molecule has 0 aliphatic carbocycles. The van der Waals surface area contributed by atoms with Crippen molar-refractivity contribution in [3.8, 4) is 0 Å². The van der Waals surface area contributed by atoms with Gasteiger partial charge in [-0.2, -0.15) is 0 Å². The van der Waals surface area contributed by atoms with Gasteiger partial charge in [0, 0.05) is 22.8 Å². The summed E-state index contributed by atoms with van der Waals surface area (Å²) in [6, 6.07) is 7.58. The third kappa shape index (κ3) is 13.6. The van der Waals surface area contributed by atoms with Gasteiger partial charge in [0.2, 0.25) is 3.79 Å². The van der Waals surface area contributed by atoms with E-state index >= 15 is 0 Å². The van der Waals surface area contributed by atoms with E-state index < -0.39 is 68.9 Å². The lowest BCUT2D eigenvalue weighted by molar-refractivity contribution is -0.153. The van der Waals surface area contributed by atoms with E-state index in [1.54, 1.807) is 6.92 Å². The molecular formula is C39H54Cl3N5O7. The Labute approximate surface area is 333 Å². The first-order valence-corrected chi connectivity index (χ1v) is 19.0. The predicted molar refractivity (Wildman–Crippen MR) is 213 cm³/mol. The first-order chi connectivity index (χ1) is 24.8. The van der Waals surface area contributed by atoms with E-state index in [0.717, 1.165) is 16.5 Å². The van der Waals surface area contributed by atoms with Gasteiger partial charge in [0.15, 0.2) is 6.10 Å². The van der Waals surface area contributed by atoms with Crippen LogP contribution in [-0.4, -0.2) is 74.6 Å². The van der Waals surface area contributed by atoms with Gasteiger partial charge in [-0.3, -0.25) is 24.4 Å². The molecule has 2 heterocycles. The van der Waals surface area contributed by atoms with Crippen molar-refractivity contribution in [1.82, 2.24) is 26.1 Å². The van der Waals surface area contributed by atoms with Crippen LogP contribution in [0.25, 0.3) is 17.0 Å². The minimum Gasteiger partial charge on any atom is -0.484 e. The molecule has 12 nitrogen and oxygen atoms in total. The number of carbonyl (C=O) groups excluding carboxylic acids is 4. The molecule has 3 amide bonds. The Kier molecular flexibility index (Phi) is 14.9. The molecule has 15 heteroatoms. The second kappa shape index (κ2) is 17.9. The molecule has 1 aliphatic heterocycles. The summed E-state index contributed by atoms with van der Waals surface area (Å²) in [5, 5.41) is 7.84. The minimum absolute atomic E-state index is 0.322. The Bertz CT molecular complexity index is 1730. The number of halogens is 3. The molecule has 2 aromatic rings. The maximum absolute atomic E-state index is 13.7. The van der Waals surface area contributed by atoms with Crippen LogP contribution >= 0.6 is 34.8 Å². The molecule has 3 N–H and O–H groups in total. The number of hydrogen-bond acceptors (Lipinski definition) is 9. The molecule has 0 bridgehead atoms. The van der Waals surface area contributed by atoms with E-state index in [1.807, 2.05) is 105 Å². The number of amides is 3. The third-order valence-electron chi connectivity index (χ3n) is 8.45. The summed E-state index contributed by atoms with van der Waals surface area (Å²) in [6.07, 6.45) is 3.30. The van der Waals surface area contributed by atoms with E-state index in [1.165, 1.54) is 5.01 Å². The number of fused-ring (bicyclic) bond motifs is 1. The number of ether oxygens (including phenoxy) is 3. The monoisotopic (exact) mass is 809 g/mol. The highest BCUT2D eigenvalue weighted by molar-refractivity contribution is 6.67. The zero-order valence-corrected chi connectivity index (χ0v) is 35.0. The fourth-order valence-corrected chi connectivity index (χ4v) is 5.49. The summed E-state index contributed by atoms with van der Waals surface area (Å²) < 4.78 is 15.0. The minimum atomic E-state index is -1.76. The number of nitrogens with one attached hydrogen (secondary N) is 3. The van der Waals surface area contributed by atoms with Crippen molar-refractivity contribution < 1.29 is 33.4 Å². The molecule has 0 spiro atoms. The van der Waals surface area contributed by atoms with Gasteiger partial charge in [-0.25, -0.2) is 10.2 Å². The van der Waals surface area contributed by atoms with Crippen LogP contribution in [0.3, 0.4) is 0 Å². The number of allylic oxidation sites excluding steroid dienone is 1. The van der Waals surface area contributed by atoms with Crippen LogP contribution in [0.5, 0.6) is 0 Å². The average molecular weight is 811 g/mol. The lowest BCUT2D eigenvalue weighted by atomic mass is 9.86. The van der Waals surface area contributed by atoms with Crippen LogP contribution in [-0.2, 0) is 28.6 Å². The standard InChI is InChI=1S/C39H54Cl3N5O7/c1-23(44-35(51)54-37(7,8)9)28-17-16-27-15-14-26(21-30(27)45-28)18-19-38(10,11)25(3)53-31(36(4,5)6)32(48)43-24(2)33(49)47-20-12-13-29(46-47)34(50)52-22-39(40,41)42/h14-19,21,23-24,29,31,46H,3,12-13,20,22H2,1-2,4-11H3,(H,43,48)(H,44,51). The number of alkyl carbamates (subject to hydrolysis) is 1. The van der Waals surface area contributed by atoms with Gasteiger partial charge in [-0.1, -0.05) is 92.5 Å². The van der Waals surface area contributed by atoms with Crippen molar-refractivity contribution in [1.29, 1.82) is 0 Å². The van der Waals surface area contributed by atoms with Crippen LogP contribution in [0.15, 0.2) is 48.7 Å². The Hall–Kier alpha value is -3.58. The highest BCUT2D eigenvalue weighted by atomic mass is 35.6. The number of pyridine rings is 1. The molecule has 1 aliphatic rings. The first-order valence-electron chi connectivity index (χ1n) is 17.8. The molecule has 4 atom stereocenters. The van der Waals surface area contributed by atoms with Crippen molar-refractivity contribution in [3.63, 3.8) is 0 Å². The number of nitrogens with zero attached hydrogens (tertiary/aromatic N) is 2. The van der Waals surface area contributed by atoms with E-state index in [0.29, 0.717) is 30.8 Å². The summed E-state index contributed by atoms with van der Waals surface area (Å²) in [6.45, 7) is 22.3. The molecule has 0 saturated carbocycles. The summed E-state index contributed by atoms with van der Waals surface area (Å²) in [5.74, 6) is -1.24. The van der Waals surface area contributed by atoms with Crippen molar-refractivity contribution in [2.75, 3.05) is 13.2 Å². The Morgan fingerprint density at radius 2 is 1.67 bits per heavy atom. The Morgan fingerprint density at radius 3 is 2.28 bits per heavy atom. The maximum atomic E-state index is 13.7. The fourth-order valence-electron chi connectivity index (χ4n) is 5.32. The average Bonchev–Trinajstić information content (AvgIpc) is 3.05. The van der Waals surface area contributed by atoms with Gasteiger partial charge in [0.1, 0.15) is 24.3 Å². The largest absolute Gasteiger partial charge is 0.484 e. The number of esters is 1. The summed E-state index contributed by atoms with van der Waals surface area (Å²) >= 11 is 17.1. The quantitative estimate of drug-likeness (QED) is 0.111. The number of alkyl halides is 3. The zero-order chi connectivity index (χ0) is 40.8. The molecular weight excluding hydrogens is 757 g/mol. The smallest absolute Gasteiger partial charge is 0.408 e. The lowest BCUT2D eigenvalue weighted by Gasteiger charge is -2.36. The summed E-state index contributed by atoms with van der Waals surface area (Å²) in [4.78, 5) is 56.6. The van der Waals surface area contributed by atoms with Crippen LogP contribution < -0.4 is 16.1 Å². The number of rotatable bonds is 12. The van der Waals surface area contributed by atoms with Crippen LogP contribution in [0.4, 0.5) is 4.79 Å². The second-order valence-electron chi connectivity index (χ2n) is 16.2. The van der Waals surface area contributed by atoms with Crippen molar-refractivity contribution in [2.45, 2.75) is 116 Å². The molecule has 3 rings (SSSR count). The Balaban J connectivity index is 1.67. The first kappa shape index (κ1) is 44.8. The second-order valence-corrected chi connectivity index (χ2v) is 18.7. The van der Waals surface area contributed by atoms with Crippen molar-refractivity contribution in [2.24, 2.45) is 10.8 Å². The SMILES string of the molecule is C=C(OC(C(=O)NC(C)C(=O)N1CCCC(C(=O)OCC(Cl)(Cl)Cl)N1)C(C)(C)C)C(C)(C)C=Cc1ccc2ccc(C(C)NC(=O)OC(C)(C)C)nc2c1. The molecule has 1 aromatic carbocycles. The number of hydrazine groups is 1. The summed E-state index contributed by atoms with van der Waals surface area (Å²) in [7, 11) is 0. The highest BCUT2D eigenvalue weighted by Gasteiger charge is 2.39. The van der Waals surface area contributed by atoms with Crippen molar-refractivity contribution in [3.05, 3.63) is 60.0 Å². The number of benzene rings is 1. The van der Waals surface area contributed by atoms with E-state index in [9.17, 15) is 19.2 Å². The molecule has 298 valence electrons. The van der Waals surface area contributed by atoms with Gasteiger partial charge < -0.3 is 24.8 Å². The van der Waals surface area contributed by atoms with Gasteiger partial charge in [0.25, 0.3) is 11.8 Å². The van der Waals surface area contributed by atoms with E-state index in [4.69, 9.17) is 54.0 Å². The van der Waals surface area contributed by atoms with E-state index in [-0.39, 0.29) is 6.04 Å². The van der Waals surface area contributed by atoms with Crippen LogP contribution in [0, 0.1) is 10.8 Å². The number of aromatic nitrogens is 1. The van der Waals surface area contributed by atoms with Gasteiger partial charge in [-0.15, -0.1) is 0 Å².